The van der Waals surface area contributed by atoms with Gasteiger partial charge < -0.3 is 10.0 Å². The van der Waals surface area contributed by atoms with Gasteiger partial charge in [0.1, 0.15) is 0 Å². The number of rotatable bonds is 3. The van der Waals surface area contributed by atoms with E-state index in [9.17, 15) is 18.3 Å². The molecule has 2 unspecified atom stereocenters. The number of benzene rings is 2. The van der Waals surface area contributed by atoms with E-state index in [0.717, 1.165) is 62.9 Å². The highest BCUT2D eigenvalue weighted by Crippen LogP contribution is 2.39. The Hall–Kier alpha value is -1.85. The van der Waals surface area contributed by atoms with Crippen molar-refractivity contribution in [1.82, 2.24) is 4.90 Å². The third-order valence-corrected chi connectivity index (χ3v) is 6.94. The minimum Gasteiger partial charge on any atom is -0.388 e. The highest BCUT2D eigenvalue weighted by Gasteiger charge is 2.36. The first kappa shape index (κ1) is 21.4. The Bertz CT molecular complexity index is 871. The van der Waals surface area contributed by atoms with Crippen LogP contribution in [0, 0.1) is 12.8 Å². The van der Waals surface area contributed by atoms with E-state index in [1.54, 1.807) is 12.1 Å². The van der Waals surface area contributed by atoms with E-state index in [1.165, 1.54) is 17.7 Å². The fourth-order valence-electron chi connectivity index (χ4n) is 5.42. The van der Waals surface area contributed by atoms with Gasteiger partial charge in [0.25, 0.3) is 0 Å². The molecule has 2 aromatic rings. The molecule has 1 heterocycles. The predicted molar refractivity (Wildman–Crippen MR) is 112 cm³/mol. The second-order valence-electron chi connectivity index (χ2n) is 8.96. The molecule has 2 aromatic carbocycles. The fourth-order valence-corrected chi connectivity index (χ4v) is 5.42. The Balaban J connectivity index is 1.37. The smallest absolute Gasteiger partial charge is 0.388 e. The lowest BCUT2D eigenvalue weighted by Crippen LogP contribution is -2.37. The third kappa shape index (κ3) is 4.57. The fraction of sp³-hybridized carbons (Fsp3) is 0.520. The monoisotopic (exact) mass is 417 g/mol. The summed E-state index contributed by atoms with van der Waals surface area (Å²) in [5, 5.41) is 10.8. The summed E-state index contributed by atoms with van der Waals surface area (Å²) in [7, 11) is 0. The lowest BCUT2D eigenvalue weighted by atomic mass is 9.85. The van der Waals surface area contributed by atoms with Gasteiger partial charge in [-0.1, -0.05) is 36.4 Å². The van der Waals surface area contributed by atoms with Crippen molar-refractivity contribution in [2.45, 2.75) is 57.2 Å². The van der Waals surface area contributed by atoms with Crippen LogP contribution in [-0.4, -0.2) is 29.6 Å². The van der Waals surface area contributed by atoms with Crippen LogP contribution in [0.3, 0.4) is 0 Å². The molecular weight excluding hydrogens is 387 g/mol. The van der Waals surface area contributed by atoms with E-state index in [1.807, 2.05) is 0 Å². The van der Waals surface area contributed by atoms with Crippen LogP contribution in [0.4, 0.5) is 13.2 Å². The largest absolute Gasteiger partial charge is 0.416 e. The zero-order valence-electron chi connectivity index (χ0n) is 17.5. The summed E-state index contributed by atoms with van der Waals surface area (Å²) in [5.41, 5.74) is 3.48. The average Bonchev–Trinajstić information content (AvgIpc) is 2.87. The van der Waals surface area contributed by atoms with Gasteiger partial charge in [-0.15, -0.1) is 0 Å². The van der Waals surface area contributed by atoms with Crippen molar-refractivity contribution < 1.29 is 18.3 Å². The first-order valence-corrected chi connectivity index (χ1v) is 11.0. The molecule has 162 valence electrons. The van der Waals surface area contributed by atoms with E-state index < -0.39 is 17.8 Å². The lowest BCUT2D eigenvalue weighted by molar-refractivity contribution is -0.138. The van der Waals surface area contributed by atoms with Gasteiger partial charge in [-0.2, -0.15) is 13.2 Å². The number of alkyl halides is 3. The Morgan fingerprint density at radius 2 is 1.73 bits per heavy atom. The highest BCUT2D eigenvalue weighted by molar-refractivity contribution is 5.37. The van der Waals surface area contributed by atoms with Crippen molar-refractivity contribution in [1.29, 1.82) is 0 Å². The van der Waals surface area contributed by atoms with Gasteiger partial charge in [0.15, 0.2) is 0 Å². The van der Waals surface area contributed by atoms with Gasteiger partial charge in [0.05, 0.1) is 11.7 Å². The third-order valence-electron chi connectivity index (χ3n) is 6.94. The number of likely N-dealkylation sites (tertiary alicyclic amines) is 1. The summed E-state index contributed by atoms with van der Waals surface area (Å²) in [4.78, 5) is 2.38. The number of aliphatic hydroxyl groups excluding tert-OH is 1. The molecule has 0 bridgehead atoms. The number of fused-ring (bicyclic) bond motifs is 1. The Morgan fingerprint density at radius 3 is 2.47 bits per heavy atom. The van der Waals surface area contributed by atoms with Crippen molar-refractivity contribution >= 4 is 0 Å². The standard InChI is InChI=1S/C25H30F3NO/c1-17-5-4-6-20-10-9-18(15-23(30)24(17)20)16-29-13-11-19(12-14-29)21-7-2-3-8-22(21)25(26,27)28/h2-8,18-19,23,30H,9-16H2,1H3. The Labute approximate surface area is 176 Å². The zero-order chi connectivity index (χ0) is 21.3. The molecule has 2 aliphatic rings. The van der Waals surface area contributed by atoms with Gasteiger partial charge in [0, 0.05) is 6.54 Å². The van der Waals surface area contributed by atoms with Crippen LogP contribution in [0.15, 0.2) is 42.5 Å². The molecular formula is C25H30F3NO. The number of nitrogens with zero attached hydrogens (tertiary/aromatic N) is 1. The predicted octanol–water partition coefficient (Wildman–Crippen LogP) is 5.88. The van der Waals surface area contributed by atoms with Gasteiger partial charge in [-0.3, -0.25) is 0 Å². The maximum absolute atomic E-state index is 13.4. The van der Waals surface area contributed by atoms with Gasteiger partial charge in [-0.25, -0.2) is 0 Å². The number of hydrogen-bond acceptors (Lipinski definition) is 2. The lowest BCUT2D eigenvalue weighted by Gasteiger charge is -2.35. The molecule has 4 rings (SSSR count). The molecule has 1 fully saturated rings. The van der Waals surface area contributed by atoms with Gasteiger partial charge >= 0.3 is 6.18 Å². The van der Waals surface area contributed by atoms with E-state index in [-0.39, 0.29) is 5.92 Å². The highest BCUT2D eigenvalue weighted by atomic mass is 19.4. The number of aliphatic hydroxyl groups is 1. The quantitative estimate of drug-likeness (QED) is 0.631. The minimum absolute atomic E-state index is 0.0364. The van der Waals surface area contributed by atoms with Crippen molar-refractivity contribution in [3.8, 4) is 0 Å². The average molecular weight is 418 g/mol. The van der Waals surface area contributed by atoms with Gasteiger partial charge in [0.2, 0.25) is 0 Å². The molecule has 5 heteroatoms. The van der Waals surface area contributed by atoms with Gasteiger partial charge in [-0.05, 0) is 92.3 Å². The van der Waals surface area contributed by atoms with Crippen LogP contribution in [-0.2, 0) is 12.6 Å². The number of piperidine rings is 1. The molecule has 30 heavy (non-hydrogen) atoms. The number of aryl methyl sites for hydroxylation is 2. The summed E-state index contributed by atoms with van der Waals surface area (Å²) in [5.74, 6) is 0.372. The number of halogens is 3. The minimum atomic E-state index is -4.29. The molecule has 0 saturated carbocycles. The molecule has 0 aromatic heterocycles. The van der Waals surface area contributed by atoms with Crippen LogP contribution in [0.5, 0.6) is 0 Å². The van der Waals surface area contributed by atoms with Crippen LogP contribution in [0.25, 0.3) is 0 Å². The normalized spacial score (nSPS) is 23.8. The second kappa shape index (κ2) is 8.72. The van der Waals surface area contributed by atoms with Crippen molar-refractivity contribution in [2.24, 2.45) is 5.92 Å². The molecule has 2 nitrogen and oxygen atoms in total. The molecule has 0 spiro atoms. The first-order valence-electron chi connectivity index (χ1n) is 11.0. The summed E-state index contributed by atoms with van der Waals surface area (Å²) >= 11 is 0. The summed E-state index contributed by atoms with van der Waals surface area (Å²) in [6.07, 6.45) is -0.432. The SMILES string of the molecule is Cc1cccc2c1C(O)CC(CN1CCC(c3ccccc3C(F)(F)F)CC1)CC2. The van der Waals surface area contributed by atoms with Crippen LogP contribution in [0.1, 0.15) is 65.5 Å². The van der Waals surface area contributed by atoms with Crippen molar-refractivity contribution in [3.63, 3.8) is 0 Å². The Kier molecular flexibility index (Phi) is 6.21. The zero-order valence-corrected chi connectivity index (χ0v) is 17.5. The molecule has 1 saturated heterocycles. The maximum Gasteiger partial charge on any atom is 0.416 e. The van der Waals surface area contributed by atoms with Crippen molar-refractivity contribution in [3.05, 3.63) is 70.3 Å². The topological polar surface area (TPSA) is 23.5 Å². The molecule has 1 N–H and O–H groups in total. The molecule has 2 atom stereocenters. The van der Waals surface area contributed by atoms with Crippen LogP contribution in [0.2, 0.25) is 0 Å². The summed E-state index contributed by atoms with van der Waals surface area (Å²) < 4.78 is 40.1. The molecule has 0 amide bonds. The van der Waals surface area contributed by atoms with Crippen molar-refractivity contribution in [2.75, 3.05) is 19.6 Å². The van der Waals surface area contributed by atoms with Crippen LogP contribution >= 0.6 is 0 Å². The maximum atomic E-state index is 13.4. The molecule has 1 aliphatic heterocycles. The first-order chi connectivity index (χ1) is 14.3. The molecule has 1 aliphatic carbocycles. The number of hydrogen-bond donors (Lipinski definition) is 1. The summed E-state index contributed by atoms with van der Waals surface area (Å²) in [6, 6.07) is 12.3. The van der Waals surface area contributed by atoms with E-state index in [2.05, 4.69) is 30.0 Å². The Morgan fingerprint density at radius 1 is 1.00 bits per heavy atom. The second-order valence-corrected chi connectivity index (χ2v) is 8.96. The van der Waals surface area contributed by atoms with E-state index >= 15 is 0 Å². The van der Waals surface area contributed by atoms with Crippen LogP contribution < -0.4 is 0 Å². The van der Waals surface area contributed by atoms with E-state index in [4.69, 9.17) is 0 Å². The molecule has 0 radical (unpaired) electrons. The summed E-state index contributed by atoms with van der Waals surface area (Å²) in [6.45, 7) is 4.61. The van der Waals surface area contributed by atoms with E-state index in [0.29, 0.717) is 11.5 Å².